The molecular weight excluding hydrogens is 312 g/mol. The first-order valence-electron chi connectivity index (χ1n) is 8.62. The molecule has 0 radical (unpaired) electrons. The van der Waals surface area contributed by atoms with Crippen molar-refractivity contribution in [3.63, 3.8) is 0 Å². The van der Waals surface area contributed by atoms with E-state index in [0.29, 0.717) is 0 Å². The molecule has 25 heavy (non-hydrogen) atoms. The molecule has 2 amide bonds. The summed E-state index contributed by atoms with van der Waals surface area (Å²) >= 11 is 0. The minimum atomic E-state index is -0.0231. The number of carbonyl (C=O) groups excluding carboxylic acids is 1. The van der Waals surface area contributed by atoms with Gasteiger partial charge in [-0.25, -0.2) is 4.79 Å². The minimum Gasteiger partial charge on any atom is -0.361 e. The molecule has 4 rings (SSSR count). The summed E-state index contributed by atoms with van der Waals surface area (Å²) in [5.74, 6) is 0. The number of hydrogen-bond donors (Lipinski definition) is 2. The highest BCUT2D eigenvalue weighted by molar-refractivity contribution is 5.96. The van der Waals surface area contributed by atoms with Crippen LogP contribution >= 0.6 is 0 Å². The van der Waals surface area contributed by atoms with Crippen LogP contribution in [0.25, 0.3) is 22.0 Å². The van der Waals surface area contributed by atoms with E-state index in [2.05, 4.69) is 46.5 Å². The van der Waals surface area contributed by atoms with Crippen molar-refractivity contribution in [2.45, 2.75) is 0 Å². The van der Waals surface area contributed by atoms with Crippen molar-refractivity contribution in [3.8, 4) is 11.1 Å². The fourth-order valence-electron chi connectivity index (χ4n) is 3.31. The first-order chi connectivity index (χ1) is 12.2. The van der Waals surface area contributed by atoms with Crippen LogP contribution in [0.5, 0.6) is 0 Å². The first-order valence-corrected chi connectivity index (χ1v) is 8.62. The number of likely N-dealkylation sites (N-methyl/N-ethyl adjacent to an activating group) is 1. The number of nitrogens with zero attached hydrogens (tertiary/aromatic N) is 2. The van der Waals surface area contributed by atoms with Gasteiger partial charge in [0, 0.05) is 49.0 Å². The number of anilines is 1. The minimum absolute atomic E-state index is 0.0231. The van der Waals surface area contributed by atoms with Crippen molar-refractivity contribution in [1.82, 2.24) is 14.8 Å². The lowest BCUT2D eigenvalue weighted by atomic mass is 10.0. The number of H-pyrrole nitrogens is 1. The molecule has 0 saturated carbocycles. The van der Waals surface area contributed by atoms with E-state index in [1.54, 1.807) is 0 Å². The fraction of sp³-hybridized carbons (Fsp3) is 0.250. The van der Waals surface area contributed by atoms with Crippen molar-refractivity contribution in [2.75, 3.05) is 38.5 Å². The maximum absolute atomic E-state index is 12.5. The Morgan fingerprint density at radius 3 is 2.68 bits per heavy atom. The molecule has 1 saturated heterocycles. The van der Waals surface area contributed by atoms with Gasteiger partial charge in [0.15, 0.2) is 0 Å². The smallest absolute Gasteiger partial charge is 0.321 e. The molecule has 128 valence electrons. The fourth-order valence-corrected chi connectivity index (χ4v) is 3.31. The number of rotatable bonds is 2. The van der Waals surface area contributed by atoms with Gasteiger partial charge in [-0.3, -0.25) is 0 Å². The van der Waals surface area contributed by atoms with E-state index < -0.39 is 0 Å². The summed E-state index contributed by atoms with van der Waals surface area (Å²) in [4.78, 5) is 19.8. The summed E-state index contributed by atoms with van der Waals surface area (Å²) in [7, 11) is 2.08. The van der Waals surface area contributed by atoms with Crippen LogP contribution in [0, 0.1) is 0 Å². The van der Waals surface area contributed by atoms with Crippen LogP contribution in [0.3, 0.4) is 0 Å². The Labute approximate surface area is 147 Å². The Morgan fingerprint density at radius 1 is 1.04 bits per heavy atom. The van der Waals surface area contributed by atoms with Crippen LogP contribution in [0.4, 0.5) is 10.5 Å². The summed E-state index contributed by atoms with van der Waals surface area (Å²) in [6, 6.07) is 16.3. The lowest BCUT2D eigenvalue weighted by molar-refractivity contribution is 0.164. The van der Waals surface area contributed by atoms with Gasteiger partial charge in [-0.15, -0.1) is 0 Å². The molecule has 0 aliphatic carbocycles. The van der Waals surface area contributed by atoms with Crippen molar-refractivity contribution >= 4 is 22.6 Å². The Hall–Kier alpha value is -2.79. The van der Waals surface area contributed by atoms with Gasteiger partial charge in [-0.05, 0) is 42.4 Å². The van der Waals surface area contributed by atoms with Gasteiger partial charge < -0.3 is 20.1 Å². The van der Waals surface area contributed by atoms with Gasteiger partial charge in [-0.2, -0.15) is 0 Å². The van der Waals surface area contributed by atoms with Crippen LogP contribution in [0.2, 0.25) is 0 Å². The van der Waals surface area contributed by atoms with E-state index in [4.69, 9.17) is 0 Å². The van der Waals surface area contributed by atoms with Crippen LogP contribution in [0.15, 0.2) is 54.7 Å². The van der Waals surface area contributed by atoms with Crippen LogP contribution in [-0.2, 0) is 0 Å². The van der Waals surface area contributed by atoms with E-state index in [-0.39, 0.29) is 6.03 Å². The molecular formula is C20H22N4O. The molecule has 1 aromatic heterocycles. The second kappa shape index (κ2) is 6.61. The number of hydrogen-bond acceptors (Lipinski definition) is 2. The number of aromatic nitrogens is 1. The van der Waals surface area contributed by atoms with E-state index in [1.165, 1.54) is 5.39 Å². The SMILES string of the molecule is CN1CCN(C(=O)Nc2cccc(-c3cccc4[nH]ccc34)c2)CC1. The van der Waals surface area contributed by atoms with Crippen molar-refractivity contribution in [2.24, 2.45) is 0 Å². The largest absolute Gasteiger partial charge is 0.361 e. The summed E-state index contributed by atoms with van der Waals surface area (Å²) in [6.07, 6.45) is 1.95. The third kappa shape index (κ3) is 3.23. The number of nitrogens with one attached hydrogen (secondary N) is 2. The van der Waals surface area contributed by atoms with Crippen LogP contribution in [-0.4, -0.2) is 54.0 Å². The third-order valence-electron chi connectivity index (χ3n) is 4.81. The van der Waals surface area contributed by atoms with Gasteiger partial charge in [0.2, 0.25) is 0 Å². The molecule has 0 spiro atoms. The van der Waals surface area contributed by atoms with Crippen molar-refractivity contribution < 1.29 is 4.79 Å². The number of aromatic amines is 1. The maximum atomic E-state index is 12.5. The summed E-state index contributed by atoms with van der Waals surface area (Å²) < 4.78 is 0. The zero-order valence-corrected chi connectivity index (χ0v) is 14.3. The summed E-state index contributed by atoms with van der Waals surface area (Å²) in [5.41, 5.74) is 4.20. The average Bonchev–Trinajstić information content (AvgIpc) is 3.11. The highest BCUT2D eigenvalue weighted by Crippen LogP contribution is 2.29. The monoisotopic (exact) mass is 334 g/mol. The molecule has 3 aromatic rings. The molecule has 1 fully saturated rings. The molecule has 2 N–H and O–H groups in total. The summed E-state index contributed by atoms with van der Waals surface area (Å²) in [5, 5.41) is 4.22. The van der Waals surface area contributed by atoms with E-state index in [9.17, 15) is 4.79 Å². The highest BCUT2D eigenvalue weighted by atomic mass is 16.2. The maximum Gasteiger partial charge on any atom is 0.321 e. The molecule has 5 nitrogen and oxygen atoms in total. The number of amides is 2. The first kappa shape index (κ1) is 15.7. The standard InChI is InChI=1S/C20H22N4O/c1-23-10-12-24(13-11-23)20(25)22-16-5-2-4-15(14-16)17-6-3-7-19-18(17)8-9-21-19/h2-9,14,21H,10-13H2,1H3,(H,22,25). The molecule has 5 heteroatoms. The highest BCUT2D eigenvalue weighted by Gasteiger charge is 2.19. The molecule has 2 aromatic carbocycles. The Morgan fingerprint density at radius 2 is 1.84 bits per heavy atom. The van der Waals surface area contributed by atoms with Crippen molar-refractivity contribution in [1.29, 1.82) is 0 Å². The van der Waals surface area contributed by atoms with E-state index >= 15 is 0 Å². The van der Waals surface area contributed by atoms with E-state index in [1.807, 2.05) is 35.4 Å². The van der Waals surface area contributed by atoms with Gasteiger partial charge >= 0.3 is 6.03 Å². The van der Waals surface area contributed by atoms with Crippen LogP contribution < -0.4 is 5.32 Å². The number of piperazine rings is 1. The zero-order chi connectivity index (χ0) is 17.2. The molecule has 1 aliphatic rings. The second-order valence-corrected chi connectivity index (χ2v) is 6.55. The second-order valence-electron chi connectivity index (χ2n) is 6.55. The number of fused-ring (bicyclic) bond motifs is 1. The predicted molar refractivity (Wildman–Crippen MR) is 102 cm³/mol. The molecule has 0 bridgehead atoms. The summed E-state index contributed by atoms with van der Waals surface area (Å²) in [6.45, 7) is 3.38. The predicted octanol–water partition coefficient (Wildman–Crippen LogP) is 3.61. The van der Waals surface area contributed by atoms with Gasteiger partial charge in [0.1, 0.15) is 0 Å². The third-order valence-corrected chi connectivity index (χ3v) is 4.81. The molecule has 1 aliphatic heterocycles. The lowest BCUT2D eigenvalue weighted by Crippen LogP contribution is -2.48. The van der Waals surface area contributed by atoms with Gasteiger partial charge in [0.05, 0.1) is 0 Å². The molecule has 0 atom stereocenters. The molecule has 2 heterocycles. The number of carbonyl (C=O) groups is 1. The van der Waals surface area contributed by atoms with Gasteiger partial charge in [-0.1, -0.05) is 24.3 Å². The van der Waals surface area contributed by atoms with Crippen LogP contribution in [0.1, 0.15) is 0 Å². The van der Waals surface area contributed by atoms with Crippen molar-refractivity contribution in [3.05, 3.63) is 54.7 Å². The van der Waals surface area contributed by atoms with Gasteiger partial charge in [0.25, 0.3) is 0 Å². The lowest BCUT2D eigenvalue weighted by Gasteiger charge is -2.32. The topological polar surface area (TPSA) is 51.4 Å². The Bertz CT molecular complexity index is 893. The number of urea groups is 1. The Balaban J connectivity index is 1.56. The molecule has 0 unspecified atom stereocenters. The normalized spacial score (nSPS) is 15.5. The quantitative estimate of drug-likeness (QED) is 0.752. The zero-order valence-electron chi connectivity index (χ0n) is 14.3. The number of benzene rings is 2. The van der Waals surface area contributed by atoms with E-state index in [0.717, 1.165) is 48.5 Å². The average molecular weight is 334 g/mol. The Kier molecular flexibility index (Phi) is 4.15.